The Labute approximate surface area is 202 Å². The molecule has 0 heterocycles. The van der Waals surface area contributed by atoms with E-state index in [1.165, 1.54) is 12.1 Å². The number of ether oxygens (including phenoxy) is 1. The van der Waals surface area contributed by atoms with Crippen molar-refractivity contribution in [2.24, 2.45) is 11.5 Å². The summed E-state index contributed by atoms with van der Waals surface area (Å²) in [5, 5.41) is 7.06. The van der Waals surface area contributed by atoms with Gasteiger partial charge in [0.05, 0.1) is 24.8 Å². The number of carbonyl (C=O) groups excluding carboxylic acids is 3. The first-order valence-electron chi connectivity index (χ1n) is 11.3. The molecule has 0 saturated heterocycles. The summed E-state index contributed by atoms with van der Waals surface area (Å²) < 4.78 is 18.9. The second kappa shape index (κ2) is 12.5. The highest BCUT2D eigenvalue weighted by molar-refractivity contribution is 6.02. The van der Waals surface area contributed by atoms with Gasteiger partial charge >= 0.3 is 0 Å². The third-order valence-electron chi connectivity index (χ3n) is 5.35. The highest BCUT2D eigenvalue weighted by Crippen LogP contribution is 2.26. The molecule has 3 amide bonds. The number of nitrogens with one attached hydrogen (secondary N) is 2. The SMILES string of the molecule is NC(=O)CNC(=O)c1cc2ccccc2cc1OCCCCNC(=O)C(N)Cc1ccc(F)cc1. The Morgan fingerprint density at radius 2 is 1.63 bits per heavy atom. The summed E-state index contributed by atoms with van der Waals surface area (Å²) in [5.74, 6) is -1.31. The molecule has 8 nitrogen and oxygen atoms in total. The number of carbonyl (C=O) groups is 3. The van der Waals surface area contributed by atoms with Crippen LogP contribution < -0.4 is 26.8 Å². The summed E-state index contributed by atoms with van der Waals surface area (Å²) in [6.45, 7) is 0.475. The zero-order valence-electron chi connectivity index (χ0n) is 19.3. The zero-order valence-corrected chi connectivity index (χ0v) is 19.3. The number of nitrogens with two attached hydrogens (primary N) is 2. The Hall–Kier alpha value is -3.98. The van der Waals surface area contributed by atoms with Gasteiger partial charge in [0.15, 0.2) is 0 Å². The van der Waals surface area contributed by atoms with Crippen LogP contribution in [0.2, 0.25) is 0 Å². The molecule has 0 radical (unpaired) electrons. The predicted molar refractivity (Wildman–Crippen MR) is 131 cm³/mol. The molecule has 0 spiro atoms. The summed E-state index contributed by atoms with van der Waals surface area (Å²) in [5.41, 5.74) is 12.2. The van der Waals surface area contributed by atoms with E-state index in [0.29, 0.717) is 43.7 Å². The Morgan fingerprint density at radius 3 is 2.31 bits per heavy atom. The fraction of sp³-hybridized carbons (Fsp3) is 0.269. The summed E-state index contributed by atoms with van der Waals surface area (Å²) in [6.07, 6.45) is 1.59. The maximum atomic E-state index is 13.0. The van der Waals surface area contributed by atoms with E-state index in [-0.39, 0.29) is 18.3 Å². The van der Waals surface area contributed by atoms with Crippen LogP contribution in [0.4, 0.5) is 4.39 Å². The van der Waals surface area contributed by atoms with Gasteiger partial charge in [0.25, 0.3) is 5.91 Å². The third kappa shape index (κ3) is 7.79. The van der Waals surface area contributed by atoms with Crippen LogP contribution >= 0.6 is 0 Å². The van der Waals surface area contributed by atoms with Gasteiger partial charge in [0, 0.05) is 6.54 Å². The highest BCUT2D eigenvalue weighted by atomic mass is 19.1. The predicted octanol–water partition coefficient (Wildman–Crippen LogP) is 2.04. The van der Waals surface area contributed by atoms with Gasteiger partial charge in [-0.05, 0) is 59.9 Å². The Bertz CT molecular complexity index is 1180. The summed E-state index contributed by atoms with van der Waals surface area (Å²) in [4.78, 5) is 35.8. The van der Waals surface area contributed by atoms with Gasteiger partial charge in [-0.1, -0.05) is 36.4 Å². The maximum Gasteiger partial charge on any atom is 0.255 e. The lowest BCUT2D eigenvalue weighted by Gasteiger charge is -2.14. The topological polar surface area (TPSA) is 137 Å². The third-order valence-corrected chi connectivity index (χ3v) is 5.35. The molecular formula is C26H29FN4O4. The molecule has 9 heteroatoms. The van der Waals surface area contributed by atoms with Gasteiger partial charge in [-0.25, -0.2) is 4.39 Å². The molecule has 0 aliphatic carbocycles. The van der Waals surface area contributed by atoms with E-state index >= 15 is 0 Å². The van der Waals surface area contributed by atoms with Crippen molar-refractivity contribution in [1.82, 2.24) is 10.6 Å². The van der Waals surface area contributed by atoms with Crippen molar-refractivity contribution in [3.8, 4) is 5.75 Å². The summed E-state index contributed by atoms with van der Waals surface area (Å²) in [7, 11) is 0. The van der Waals surface area contributed by atoms with E-state index < -0.39 is 17.9 Å². The van der Waals surface area contributed by atoms with E-state index in [2.05, 4.69) is 10.6 Å². The molecule has 0 aliphatic rings. The fourth-order valence-corrected chi connectivity index (χ4v) is 3.50. The lowest BCUT2D eigenvalue weighted by molar-refractivity contribution is -0.122. The van der Waals surface area contributed by atoms with Gasteiger partial charge in [-0.2, -0.15) is 0 Å². The lowest BCUT2D eigenvalue weighted by Crippen LogP contribution is -2.42. The zero-order chi connectivity index (χ0) is 25.2. The van der Waals surface area contributed by atoms with Crippen molar-refractivity contribution in [1.29, 1.82) is 0 Å². The first-order valence-corrected chi connectivity index (χ1v) is 11.3. The summed E-state index contributed by atoms with van der Waals surface area (Å²) >= 11 is 0. The standard InChI is InChI=1S/C26H29FN4O4/c27-20-9-7-17(8-10-20)13-22(28)26(34)30-11-3-4-12-35-23-15-19-6-2-1-5-18(19)14-21(23)25(33)31-16-24(29)32/h1-2,5-10,14-15,22H,3-4,11-13,16,28H2,(H2,29,32)(H,30,34)(H,31,33). The molecule has 184 valence electrons. The van der Waals surface area contributed by atoms with Crippen LogP contribution in [0.5, 0.6) is 5.75 Å². The normalized spacial score (nSPS) is 11.6. The van der Waals surface area contributed by atoms with Gasteiger partial charge in [-0.3, -0.25) is 14.4 Å². The number of primary amides is 1. The van der Waals surface area contributed by atoms with Crippen LogP contribution in [0, 0.1) is 5.82 Å². The molecule has 3 rings (SSSR count). The summed E-state index contributed by atoms with van der Waals surface area (Å²) in [6, 6.07) is 16.2. The first kappa shape index (κ1) is 25.6. The smallest absolute Gasteiger partial charge is 0.255 e. The lowest BCUT2D eigenvalue weighted by atomic mass is 10.1. The molecule has 35 heavy (non-hydrogen) atoms. The quantitative estimate of drug-likeness (QED) is 0.294. The van der Waals surface area contributed by atoms with Gasteiger partial charge < -0.3 is 26.8 Å². The number of rotatable bonds is 12. The van der Waals surface area contributed by atoms with Crippen LogP contribution in [0.25, 0.3) is 10.8 Å². The van der Waals surface area contributed by atoms with Crippen molar-refractivity contribution in [3.05, 3.63) is 77.6 Å². The molecule has 3 aromatic rings. The minimum Gasteiger partial charge on any atom is -0.493 e. The molecule has 0 saturated carbocycles. The van der Waals surface area contributed by atoms with Crippen molar-refractivity contribution in [3.63, 3.8) is 0 Å². The second-order valence-electron chi connectivity index (χ2n) is 8.13. The molecule has 1 unspecified atom stereocenters. The van der Waals surface area contributed by atoms with Crippen molar-refractivity contribution < 1.29 is 23.5 Å². The number of halogens is 1. The van der Waals surface area contributed by atoms with E-state index in [1.807, 2.05) is 24.3 Å². The van der Waals surface area contributed by atoms with Crippen molar-refractivity contribution in [2.45, 2.75) is 25.3 Å². The van der Waals surface area contributed by atoms with Crippen LogP contribution in [0.3, 0.4) is 0 Å². The minimum absolute atomic E-state index is 0.270. The number of hydrogen-bond acceptors (Lipinski definition) is 5. The number of hydrogen-bond donors (Lipinski definition) is 4. The molecule has 0 aliphatic heterocycles. The Kier molecular flexibility index (Phi) is 9.14. The van der Waals surface area contributed by atoms with Gasteiger partial charge in [0.1, 0.15) is 11.6 Å². The maximum absolute atomic E-state index is 13.0. The highest BCUT2D eigenvalue weighted by Gasteiger charge is 2.16. The minimum atomic E-state index is -0.726. The first-order chi connectivity index (χ1) is 16.8. The van der Waals surface area contributed by atoms with E-state index in [9.17, 15) is 18.8 Å². The van der Waals surface area contributed by atoms with Crippen LogP contribution in [0.15, 0.2) is 60.7 Å². The molecule has 0 fully saturated rings. The van der Waals surface area contributed by atoms with E-state index in [0.717, 1.165) is 16.3 Å². The molecule has 0 aromatic heterocycles. The van der Waals surface area contributed by atoms with E-state index in [4.69, 9.17) is 16.2 Å². The number of fused-ring (bicyclic) bond motifs is 1. The van der Waals surface area contributed by atoms with Crippen molar-refractivity contribution in [2.75, 3.05) is 19.7 Å². The number of amides is 3. The average molecular weight is 481 g/mol. The number of unbranched alkanes of at least 4 members (excludes halogenated alkanes) is 1. The molecule has 3 aromatic carbocycles. The molecule has 6 N–H and O–H groups in total. The largest absolute Gasteiger partial charge is 0.493 e. The molecular weight excluding hydrogens is 451 g/mol. The Balaban J connectivity index is 1.48. The number of benzene rings is 3. The van der Waals surface area contributed by atoms with Crippen molar-refractivity contribution >= 4 is 28.5 Å². The van der Waals surface area contributed by atoms with Gasteiger partial charge in [-0.15, -0.1) is 0 Å². The van der Waals surface area contributed by atoms with Crippen LogP contribution in [0.1, 0.15) is 28.8 Å². The average Bonchev–Trinajstić information content (AvgIpc) is 2.85. The molecule has 1 atom stereocenters. The Morgan fingerprint density at radius 1 is 0.943 bits per heavy atom. The second-order valence-corrected chi connectivity index (χ2v) is 8.13. The molecule has 0 bridgehead atoms. The van der Waals surface area contributed by atoms with Crippen LogP contribution in [-0.2, 0) is 16.0 Å². The fourth-order valence-electron chi connectivity index (χ4n) is 3.50. The monoisotopic (exact) mass is 480 g/mol. The van der Waals surface area contributed by atoms with Crippen LogP contribution in [-0.4, -0.2) is 43.5 Å². The van der Waals surface area contributed by atoms with Gasteiger partial charge in [0.2, 0.25) is 11.8 Å². The van der Waals surface area contributed by atoms with E-state index in [1.54, 1.807) is 24.3 Å².